The van der Waals surface area contributed by atoms with E-state index in [9.17, 15) is 4.79 Å². The van der Waals surface area contributed by atoms with Crippen LogP contribution in [0.15, 0.2) is 53.0 Å². The lowest BCUT2D eigenvalue weighted by atomic mass is 10.1. The maximum absolute atomic E-state index is 10.9. The van der Waals surface area contributed by atoms with Gasteiger partial charge in [-0.05, 0) is 45.8 Å². The lowest BCUT2D eigenvalue weighted by Gasteiger charge is -2.21. The van der Waals surface area contributed by atoms with Crippen molar-refractivity contribution in [3.8, 4) is 0 Å². The van der Waals surface area contributed by atoms with Crippen LogP contribution in [0.1, 0.15) is 15.9 Å². The quantitative estimate of drug-likeness (QED) is 0.932. The summed E-state index contributed by atoms with van der Waals surface area (Å²) in [5.41, 5.74) is 2.36. The van der Waals surface area contributed by atoms with E-state index in [-0.39, 0.29) is 0 Å². The number of benzene rings is 2. The van der Waals surface area contributed by atoms with Crippen molar-refractivity contribution in [3.05, 3.63) is 64.1 Å². The van der Waals surface area contributed by atoms with E-state index < -0.39 is 5.97 Å². The second-order valence-corrected chi connectivity index (χ2v) is 5.17. The van der Waals surface area contributed by atoms with Crippen LogP contribution >= 0.6 is 15.9 Å². The Hall–Kier alpha value is -1.81. The number of carboxylic acids is 1. The van der Waals surface area contributed by atoms with Crippen molar-refractivity contribution in [3.63, 3.8) is 0 Å². The Kier molecular flexibility index (Phi) is 4.22. The van der Waals surface area contributed by atoms with E-state index in [1.54, 1.807) is 18.2 Å². The third kappa shape index (κ3) is 3.35. The van der Waals surface area contributed by atoms with Gasteiger partial charge >= 0.3 is 5.97 Å². The zero-order chi connectivity index (χ0) is 13.8. The lowest BCUT2D eigenvalue weighted by molar-refractivity contribution is 0.0697. The SMILES string of the molecule is CN(Cc1cccc(C(=O)O)c1)c1ccccc1Br. The molecule has 3 nitrogen and oxygen atoms in total. The van der Waals surface area contributed by atoms with Crippen LogP contribution in [0.2, 0.25) is 0 Å². The van der Waals surface area contributed by atoms with Crippen molar-refractivity contribution >= 4 is 27.6 Å². The van der Waals surface area contributed by atoms with E-state index in [2.05, 4.69) is 20.8 Å². The van der Waals surface area contributed by atoms with Gasteiger partial charge in [0, 0.05) is 18.1 Å². The molecule has 0 aliphatic heterocycles. The molecule has 0 aliphatic rings. The highest BCUT2D eigenvalue weighted by atomic mass is 79.9. The monoisotopic (exact) mass is 319 g/mol. The Morgan fingerprint density at radius 3 is 2.63 bits per heavy atom. The molecule has 2 aromatic rings. The number of anilines is 1. The van der Waals surface area contributed by atoms with Crippen molar-refractivity contribution in [2.75, 3.05) is 11.9 Å². The topological polar surface area (TPSA) is 40.5 Å². The van der Waals surface area contributed by atoms with E-state index >= 15 is 0 Å². The summed E-state index contributed by atoms with van der Waals surface area (Å²) < 4.78 is 1.02. The number of para-hydroxylation sites is 1. The smallest absolute Gasteiger partial charge is 0.335 e. The standard InChI is InChI=1S/C15H14BrNO2/c1-17(14-8-3-2-7-13(14)16)10-11-5-4-6-12(9-11)15(18)19/h2-9H,10H2,1H3,(H,18,19). The van der Waals surface area contributed by atoms with Gasteiger partial charge in [0.2, 0.25) is 0 Å². The molecular weight excluding hydrogens is 306 g/mol. The number of carboxylic acid groups (broad SMARTS) is 1. The fraction of sp³-hybridized carbons (Fsp3) is 0.133. The molecule has 0 aliphatic carbocycles. The first-order chi connectivity index (χ1) is 9.08. The summed E-state index contributed by atoms with van der Waals surface area (Å²) in [4.78, 5) is 13.0. The molecule has 0 saturated carbocycles. The number of halogens is 1. The highest BCUT2D eigenvalue weighted by Gasteiger charge is 2.08. The van der Waals surface area contributed by atoms with Gasteiger partial charge in [-0.3, -0.25) is 0 Å². The van der Waals surface area contributed by atoms with Gasteiger partial charge in [-0.2, -0.15) is 0 Å². The van der Waals surface area contributed by atoms with Crippen molar-refractivity contribution in [2.45, 2.75) is 6.54 Å². The van der Waals surface area contributed by atoms with Gasteiger partial charge in [-0.15, -0.1) is 0 Å². The van der Waals surface area contributed by atoms with Crippen molar-refractivity contribution in [1.29, 1.82) is 0 Å². The van der Waals surface area contributed by atoms with Crippen LogP contribution in [0.25, 0.3) is 0 Å². The average molecular weight is 320 g/mol. The highest BCUT2D eigenvalue weighted by Crippen LogP contribution is 2.25. The van der Waals surface area contributed by atoms with Gasteiger partial charge in [-0.1, -0.05) is 24.3 Å². The Morgan fingerprint density at radius 1 is 1.21 bits per heavy atom. The molecule has 0 amide bonds. The third-order valence-corrected chi connectivity index (χ3v) is 3.53. The van der Waals surface area contributed by atoms with Crippen LogP contribution in [-0.4, -0.2) is 18.1 Å². The number of hydrogen-bond donors (Lipinski definition) is 1. The first-order valence-corrected chi connectivity index (χ1v) is 6.65. The van der Waals surface area contributed by atoms with Gasteiger partial charge in [0.05, 0.1) is 11.3 Å². The zero-order valence-corrected chi connectivity index (χ0v) is 12.1. The molecule has 0 spiro atoms. The molecule has 0 fully saturated rings. The largest absolute Gasteiger partial charge is 0.478 e. The predicted molar refractivity (Wildman–Crippen MR) is 79.7 cm³/mol. The molecule has 0 unspecified atom stereocenters. The summed E-state index contributed by atoms with van der Waals surface area (Å²) in [6.07, 6.45) is 0. The van der Waals surface area contributed by atoms with Gasteiger partial charge in [-0.25, -0.2) is 4.79 Å². The molecule has 1 N–H and O–H groups in total. The molecule has 0 radical (unpaired) electrons. The Morgan fingerprint density at radius 2 is 1.95 bits per heavy atom. The molecule has 19 heavy (non-hydrogen) atoms. The van der Waals surface area contributed by atoms with Crippen LogP contribution in [0.4, 0.5) is 5.69 Å². The number of carbonyl (C=O) groups is 1. The molecule has 0 atom stereocenters. The summed E-state index contributed by atoms with van der Waals surface area (Å²) in [7, 11) is 1.98. The predicted octanol–water partition coefficient (Wildman–Crippen LogP) is 3.78. The number of nitrogens with zero attached hydrogens (tertiary/aromatic N) is 1. The molecule has 98 valence electrons. The zero-order valence-electron chi connectivity index (χ0n) is 10.5. The summed E-state index contributed by atoms with van der Waals surface area (Å²) in [6, 6.07) is 15.0. The van der Waals surface area contributed by atoms with Crippen molar-refractivity contribution in [1.82, 2.24) is 0 Å². The molecule has 0 heterocycles. The Labute approximate surface area is 120 Å². The average Bonchev–Trinajstić information content (AvgIpc) is 2.39. The van der Waals surface area contributed by atoms with Crippen molar-refractivity contribution < 1.29 is 9.90 Å². The number of hydrogen-bond acceptors (Lipinski definition) is 2. The van der Waals surface area contributed by atoms with Gasteiger partial charge in [0.1, 0.15) is 0 Å². The Bertz CT molecular complexity index is 598. The van der Waals surface area contributed by atoms with E-state index in [1.807, 2.05) is 37.4 Å². The second-order valence-electron chi connectivity index (χ2n) is 4.31. The van der Waals surface area contributed by atoms with Gasteiger partial charge in [0.25, 0.3) is 0 Å². The second kappa shape index (κ2) is 5.89. The van der Waals surface area contributed by atoms with E-state index in [4.69, 9.17) is 5.11 Å². The minimum atomic E-state index is -0.898. The molecule has 0 bridgehead atoms. The summed E-state index contributed by atoms with van der Waals surface area (Å²) in [5, 5.41) is 8.98. The van der Waals surface area contributed by atoms with E-state index in [1.165, 1.54) is 0 Å². The van der Waals surface area contributed by atoms with Gasteiger partial charge in [0.15, 0.2) is 0 Å². The molecule has 4 heteroatoms. The number of aromatic carboxylic acids is 1. The first-order valence-electron chi connectivity index (χ1n) is 5.86. The van der Waals surface area contributed by atoms with E-state index in [0.29, 0.717) is 12.1 Å². The fourth-order valence-corrected chi connectivity index (χ4v) is 2.51. The van der Waals surface area contributed by atoms with Crippen LogP contribution in [0.5, 0.6) is 0 Å². The normalized spacial score (nSPS) is 10.2. The van der Waals surface area contributed by atoms with Gasteiger partial charge < -0.3 is 10.0 Å². The molecule has 0 aromatic heterocycles. The first kappa shape index (κ1) is 13.6. The minimum Gasteiger partial charge on any atom is -0.478 e. The highest BCUT2D eigenvalue weighted by molar-refractivity contribution is 9.10. The molecule has 2 rings (SSSR count). The third-order valence-electron chi connectivity index (χ3n) is 2.86. The number of rotatable bonds is 4. The lowest BCUT2D eigenvalue weighted by Crippen LogP contribution is -2.17. The minimum absolute atomic E-state index is 0.318. The van der Waals surface area contributed by atoms with Crippen LogP contribution in [0.3, 0.4) is 0 Å². The van der Waals surface area contributed by atoms with E-state index in [0.717, 1.165) is 15.7 Å². The maximum atomic E-state index is 10.9. The molecule has 0 saturated heterocycles. The molecular formula is C15H14BrNO2. The van der Waals surface area contributed by atoms with Crippen LogP contribution in [0, 0.1) is 0 Å². The van der Waals surface area contributed by atoms with Crippen LogP contribution < -0.4 is 4.90 Å². The fourth-order valence-electron chi connectivity index (χ4n) is 1.92. The summed E-state index contributed by atoms with van der Waals surface area (Å²) in [5.74, 6) is -0.898. The van der Waals surface area contributed by atoms with Crippen LogP contribution in [-0.2, 0) is 6.54 Å². The summed E-state index contributed by atoms with van der Waals surface area (Å²) in [6.45, 7) is 0.656. The molecule has 2 aromatic carbocycles. The Balaban J connectivity index is 2.19. The summed E-state index contributed by atoms with van der Waals surface area (Å²) >= 11 is 3.51. The maximum Gasteiger partial charge on any atom is 0.335 e. The van der Waals surface area contributed by atoms with Crippen molar-refractivity contribution in [2.24, 2.45) is 0 Å².